The number of nitrogens with zero attached hydrogens (tertiary/aromatic N) is 1. The summed E-state index contributed by atoms with van der Waals surface area (Å²) in [7, 11) is 0. The van der Waals surface area contributed by atoms with Crippen molar-refractivity contribution >= 4 is 11.9 Å². The molecular weight excluding hydrogens is 262 g/mol. The molecule has 2 unspecified atom stereocenters. The Morgan fingerprint density at radius 1 is 1.50 bits per heavy atom. The largest absolute Gasteiger partial charge is 0.480 e. The summed E-state index contributed by atoms with van der Waals surface area (Å²) in [5.74, 6) is -1.37. The lowest BCUT2D eigenvalue weighted by molar-refractivity contribution is -0.146. The van der Waals surface area contributed by atoms with Crippen molar-refractivity contribution < 1.29 is 14.7 Å². The number of aromatic amines is 1. The molecule has 0 saturated heterocycles. The Bertz CT molecular complexity index is 563. The van der Waals surface area contributed by atoms with Crippen LogP contribution in [0.25, 0.3) is 0 Å². The lowest BCUT2D eigenvalue weighted by atomic mass is 9.76. The number of H-pyrrole nitrogens is 1. The van der Waals surface area contributed by atoms with Gasteiger partial charge in [0.25, 0.3) is 11.5 Å². The topological polar surface area (TPSA) is 112 Å². The van der Waals surface area contributed by atoms with Gasteiger partial charge < -0.3 is 10.4 Å². The number of rotatable bonds is 3. The van der Waals surface area contributed by atoms with Crippen molar-refractivity contribution in [3.05, 3.63) is 28.2 Å². The number of nitrogens with one attached hydrogen (secondary N) is 2. The van der Waals surface area contributed by atoms with Crippen LogP contribution in [0.2, 0.25) is 0 Å². The predicted molar refractivity (Wildman–Crippen MR) is 70.3 cm³/mol. The summed E-state index contributed by atoms with van der Waals surface area (Å²) in [5, 5.41) is 17.8. The first kappa shape index (κ1) is 14.2. The van der Waals surface area contributed by atoms with Gasteiger partial charge in [-0.25, -0.2) is 9.89 Å². The van der Waals surface area contributed by atoms with Crippen LogP contribution in [0.4, 0.5) is 0 Å². The Hall–Kier alpha value is -2.18. The number of aromatic nitrogens is 2. The van der Waals surface area contributed by atoms with Crippen LogP contribution in [-0.2, 0) is 4.79 Å². The third-order valence-corrected chi connectivity index (χ3v) is 3.67. The van der Waals surface area contributed by atoms with E-state index < -0.39 is 23.0 Å². The summed E-state index contributed by atoms with van der Waals surface area (Å²) in [4.78, 5) is 34.5. The Morgan fingerprint density at radius 3 is 2.80 bits per heavy atom. The van der Waals surface area contributed by atoms with Crippen LogP contribution in [-0.4, -0.2) is 32.7 Å². The number of hydrogen-bond acceptors (Lipinski definition) is 4. The van der Waals surface area contributed by atoms with Gasteiger partial charge in [-0.1, -0.05) is 19.8 Å². The van der Waals surface area contributed by atoms with Gasteiger partial charge in [-0.3, -0.25) is 9.59 Å². The van der Waals surface area contributed by atoms with E-state index in [2.05, 4.69) is 15.5 Å². The summed E-state index contributed by atoms with van der Waals surface area (Å²) in [6.07, 6.45) is 2.52. The Morgan fingerprint density at radius 2 is 2.25 bits per heavy atom. The molecule has 1 aromatic heterocycles. The zero-order chi connectivity index (χ0) is 14.8. The van der Waals surface area contributed by atoms with Gasteiger partial charge >= 0.3 is 5.97 Å². The summed E-state index contributed by atoms with van der Waals surface area (Å²) >= 11 is 0. The van der Waals surface area contributed by atoms with Crippen molar-refractivity contribution in [3.8, 4) is 0 Å². The molecule has 108 valence electrons. The molecule has 1 aliphatic carbocycles. The smallest absolute Gasteiger partial charge is 0.329 e. The minimum atomic E-state index is -1.24. The molecule has 2 rings (SSSR count). The van der Waals surface area contributed by atoms with E-state index in [9.17, 15) is 19.5 Å². The van der Waals surface area contributed by atoms with Crippen molar-refractivity contribution in [2.75, 3.05) is 0 Å². The first-order valence-electron chi connectivity index (χ1n) is 6.54. The third-order valence-electron chi connectivity index (χ3n) is 3.67. The van der Waals surface area contributed by atoms with E-state index in [1.54, 1.807) is 0 Å². The molecule has 0 aromatic carbocycles. The highest BCUT2D eigenvalue weighted by molar-refractivity contribution is 5.96. The van der Waals surface area contributed by atoms with Gasteiger partial charge in [0, 0.05) is 6.07 Å². The van der Waals surface area contributed by atoms with Gasteiger partial charge in [-0.15, -0.1) is 0 Å². The van der Waals surface area contributed by atoms with Gasteiger partial charge in [0.1, 0.15) is 11.2 Å². The monoisotopic (exact) mass is 279 g/mol. The molecule has 1 amide bonds. The Balaban J connectivity index is 2.20. The van der Waals surface area contributed by atoms with Crippen LogP contribution in [0.3, 0.4) is 0 Å². The molecule has 1 aliphatic rings. The van der Waals surface area contributed by atoms with Crippen molar-refractivity contribution in [1.82, 2.24) is 15.5 Å². The highest BCUT2D eigenvalue weighted by Gasteiger charge is 2.43. The van der Waals surface area contributed by atoms with Crippen LogP contribution in [0.15, 0.2) is 16.9 Å². The van der Waals surface area contributed by atoms with Crippen LogP contribution in [0, 0.1) is 5.92 Å². The zero-order valence-corrected chi connectivity index (χ0v) is 11.2. The maximum absolute atomic E-state index is 12.1. The lowest BCUT2D eigenvalue weighted by Gasteiger charge is -2.36. The molecule has 0 spiro atoms. The number of carbonyl (C=O) groups is 2. The average molecular weight is 279 g/mol. The number of amides is 1. The molecule has 0 radical (unpaired) electrons. The number of carbonyl (C=O) groups excluding carboxylic acids is 1. The second kappa shape index (κ2) is 5.44. The molecule has 1 fully saturated rings. The summed E-state index contributed by atoms with van der Waals surface area (Å²) < 4.78 is 0. The molecule has 2 atom stereocenters. The maximum Gasteiger partial charge on any atom is 0.329 e. The van der Waals surface area contributed by atoms with E-state index in [0.717, 1.165) is 12.8 Å². The minimum absolute atomic E-state index is 0.00320. The SMILES string of the molecule is CC1CCCC(NC(=O)c2ccc(=O)[nH]n2)(C(=O)O)C1. The van der Waals surface area contributed by atoms with Crippen molar-refractivity contribution in [2.24, 2.45) is 5.92 Å². The average Bonchev–Trinajstić information content (AvgIpc) is 2.39. The van der Waals surface area contributed by atoms with Gasteiger partial charge in [0.05, 0.1) is 0 Å². The molecule has 7 nitrogen and oxygen atoms in total. The van der Waals surface area contributed by atoms with E-state index in [1.807, 2.05) is 6.92 Å². The number of hydrogen-bond donors (Lipinski definition) is 3. The highest BCUT2D eigenvalue weighted by atomic mass is 16.4. The Labute approximate surface area is 115 Å². The number of carboxylic acids is 1. The normalized spacial score (nSPS) is 25.9. The first-order valence-corrected chi connectivity index (χ1v) is 6.54. The van der Waals surface area contributed by atoms with E-state index in [4.69, 9.17) is 0 Å². The minimum Gasteiger partial charge on any atom is -0.480 e. The second-order valence-electron chi connectivity index (χ2n) is 5.35. The molecule has 20 heavy (non-hydrogen) atoms. The molecular formula is C13H17N3O4. The first-order chi connectivity index (χ1) is 9.43. The molecule has 1 saturated carbocycles. The van der Waals surface area contributed by atoms with Crippen molar-refractivity contribution in [2.45, 2.75) is 38.1 Å². The highest BCUT2D eigenvalue weighted by Crippen LogP contribution is 2.32. The molecule has 1 aromatic rings. The molecule has 7 heteroatoms. The maximum atomic E-state index is 12.1. The molecule has 0 bridgehead atoms. The fourth-order valence-corrected chi connectivity index (χ4v) is 2.66. The molecule has 0 aliphatic heterocycles. The van der Waals surface area contributed by atoms with Crippen LogP contribution >= 0.6 is 0 Å². The Kier molecular flexibility index (Phi) is 3.87. The quantitative estimate of drug-likeness (QED) is 0.747. The standard InChI is InChI=1S/C13H17N3O4/c1-8-3-2-6-13(7-8,12(19)20)14-11(18)9-4-5-10(17)16-15-9/h4-5,8H,2-3,6-7H2,1H3,(H,14,18)(H,16,17)(H,19,20). The number of aliphatic carboxylic acids is 1. The van der Waals surface area contributed by atoms with E-state index in [1.165, 1.54) is 12.1 Å². The molecule has 1 heterocycles. The summed E-state index contributed by atoms with van der Waals surface area (Å²) in [6.45, 7) is 1.97. The lowest BCUT2D eigenvalue weighted by Crippen LogP contribution is -2.57. The van der Waals surface area contributed by atoms with E-state index >= 15 is 0 Å². The van der Waals surface area contributed by atoms with Crippen molar-refractivity contribution in [1.29, 1.82) is 0 Å². The number of carboxylic acid groups (broad SMARTS) is 1. The predicted octanol–water partition coefficient (Wildman–Crippen LogP) is 0.533. The second-order valence-corrected chi connectivity index (χ2v) is 5.35. The van der Waals surface area contributed by atoms with Gasteiger partial charge in [0.2, 0.25) is 0 Å². The van der Waals surface area contributed by atoms with Gasteiger partial charge in [0.15, 0.2) is 0 Å². The van der Waals surface area contributed by atoms with Gasteiger partial charge in [-0.2, -0.15) is 5.10 Å². The summed E-state index contributed by atoms with van der Waals surface area (Å²) in [6, 6.07) is 2.45. The van der Waals surface area contributed by atoms with Crippen LogP contribution in [0.5, 0.6) is 0 Å². The van der Waals surface area contributed by atoms with E-state index in [0.29, 0.717) is 12.8 Å². The fourth-order valence-electron chi connectivity index (χ4n) is 2.66. The van der Waals surface area contributed by atoms with Crippen LogP contribution < -0.4 is 10.9 Å². The fraction of sp³-hybridized carbons (Fsp3) is 0.538. The van der Waals surface area contributed by atoms with Gasteiger partial charge in [-0.05, 0) is 24.8 Å². The molecule has 3 N–H and O–H groups in total. The van der Waals surface area contributed by atoms with Crippen molar-refractivity contribution in [3.63, 3.8) is 0 Å². The third kappa shape index (κ3) is 2.87. The van der Waals surface area contributed by atoms with Crippen LogP contribution in [0.1, 0.15) is 43.1 Å². The zero-order valence-electron chi connectivity index (χ0n) is 11.2. The van der Waals surface area contributed by atoms with E-state index in [-0.39, 0.29) is 11.6 Å². The summed E-state index contributed by atoms with van der Waals surface area (Å²) in [5.41, 5.74) is -1.66.